The van der Waals surface area contributed by atoms with Gasteiger partial charge in [0.1, 0.15) is 12.1 Å². The molecule has 3 nitrogen and oxygen atoms in total. The number of H-pyrrole nitrogens is 1. The summed E-state index contributed by atoms with van der Waals surface area (Å²) < 4.78 is 0. The Hall–Kier alpha value is -2.68. The van der Waals surface area contributed by atoms with Crippen molar-refractivity contribution in [3.8, 4) is 11.3 Å². The van der Waals surface area contributed by atoms with Gasteiger partial charge in [0.15, 0.2) is 0 Å². The molecule has 3 heteroatoms. The molecule has 0 radical (unpaired) electrons. The maximum absolute atomic E-state index is 11.0. The first-order valence-corrected chi connectivity index (χ1v) is 7.33. The highest BCUT2D eigenvalue weighted by atomic mass is 16.1. The number of carbonyl (C=O) groups is 1. The first kappa shape index (κ1) is 14.3. The van der Waals surface area contributed by atoms with Crippen LogP contribution in [0.15, 0.2) is 48.7 Å². The maximum Gasteiger partial charge on any atom is 0.150 e. The minimum atomic E-state index is 0.737. The van der Waals surface area contributed by atoms with Crippen molar-refractivity contribution in [2.75, 3.05) is 0 Å². The number of aromatic nitrogens is 2. The molecule has 0 saturated carbocycles. The molecule has 0 aliphatic heterocycles. The van der Waals surface area contributed by atoms with Crippen LogP contribution >= 0.6 is 0 Å². The number of hydrogen-bond acceptors (Lipinski definition) is 2. The molecule has 0 aliphatic carbocycles. The average Bonchev–Trinajstić information content (AvgIpc) is 2.99. The van der Waals surface area contributed by atoms with Gasteiger partial charge in [-0.3, -0.25) is 4.79 Å². The van der Waals surface area contributed by atoms with Crippen LogP contribution in [0.25, 0.3) is 11.3 Å². The van der Waals surface area contributed by atoms with E-state index in [1.54, 1.807) is 0 Å². The monoisotopic (exact) mass is 290 g/mol. The summed E-state index contributed by atoms with van der Waals surface area (Å²) in [5, 5.41) is 0. The topological polar surface area (TPSA) is 45.8 Å². The van der Waals surface area contributed by atoms with E-state index in [4.69, 9.17) is 0 Å². The smallest absolute Gasteiger partial charge is 0.150 e. The zero-order valence-electron chi connectivity index (χ0n) is 12.8. The predicted molar refractivity (Wildman–Crippen MR) is 88.1 cm³/mol. The number of carbonyl (C=O) groups excluding carboxylic acids is 1. The molecular formula is C19H18N2O. The molecule has 0 aliphatic rings. The van der Waals surface area contributed by atoms with Crippen LogP contribution in [-0.2, 0) is 6.42 Å². The van der Waals surface area contributed by atoms with Crippen LogP contribution in [0.4, 0.5) is 0 Å². The van der Waals surface area contributed by atoms with Gasteiger partial charge in [-0.05, 0) is 30.5 Å². The Morgan fingerprint density at radius 3 is 2.55 bits per heavy atom. The summed E-state index contributed by atoms with van der Waals surface area (Å²) >= 11 is 0. The Kier molecular flexibility index (Phi) is 3.88. The normalized spacial score (nSPS) is 10.6. The third kappa shape index (κ3) is 2.70. The third-order valence-electron chi connectivity index (χ3n) is 4.08. The number of aldehydes is 1. The standard InChI is InChI=1S/C19H18N2O/c1-13-14(2)17(9-8-16(13)12-22)18-11-20-19(21-18)10-15-6-4-3-5-7-15/h3-9,11-12H,10H2,1-2H3,(H,20,21). The van der Waals surface area contributed by atoms with Crippen LogP contribution < -0.4 is 0 Å². The molecule has 0 spiro atoms. The fourth-order valence-electron chi connectivity index (χ4n) is 2.63. The molecule has 110 valence electrons. The number of benzene rings is 2. The fourth-order valence-corrected chi connectivity index (χ4v) is 2.63. The van der Waals surface area contributed by atoms with Crippen molar-refractivity contribution in [3.63, 3.8) is 0 Å². The first-order chi connectivity index (χ1) is 10.7. The van der Waals surface area contributed by atoms with Gasteiger partial charge in [-0.25, -0.2) is 4.98 Å². The van der Waals surface area contributed by atoms with Crippen LogP contribution in [0.3, 0.4) is 0 Å². The molecule has 22 heavy (non-hydrogen) atoms. The predicted octanol–water partition coefficient (Wildman–Crippen LogP) is 4.10. The van der Waals surface area contributed by atoms with Crippen molar-refractivity contribution >= 4 is 6.29 Å². The van der Waals surface area contributed by atoms with Gasteiger partial charge in [-0.2, -0.15) is 0 Å². The van der Waals surface area contributed by atoms with E-state index in [1.165, 1.54) is 5.56 Å². The summed E-state index contributed by atoms with van der Waals surface area (Å²) in [5.41, 5.74) is 6.07. The van der Waals surface area contributed by atoms with Gasteiger partial charge in [0.25, 0.3) is 0 Å². The molecular weight excluding hydrogens is 272 g/mol. The van der Waals surface area contributed by atoms with Crippen molar-refractivity contribution in [2.24, 2.45) is 0 Å². The number of imidazole rings is 1. The molecule has 3 aromatic rings. The quantitative estimate of drug-likeness (QED) is 0.735. The van der Waals surface area contributed by atoms with Gasteiger partial charge < -0.3 is 4.98 Å². The number of aromatic amines is 1. The summed E-state index contributed by atoms with van der Waals surface area (Å²) in [6.45, 7) is 4.00. The van der Waals surface area contributed by atoms with Crippen molar-refractivity contribution in [2.45, 2.75) is 20.3 Å². The Balaban J connectivity index is 1.91. The van der Waals surface area contributed by atoms with Crippen molar-refractivity contribution in [3.05, 3.63) is 76.7 Å². The van der Waals surface area contributed by atoms with Crippen molar-refractivity contribution in [1.82, 2.24) is 9.97 Å². The lowest BCUT2D eigenvalue weighted by Crippen LogP contribution is -1.94. The molecule has 0 amide bonds. The van der Waals surface area contributed by atoms with Crippen LogP contribution in [0.5, 0.6) is 0 Å². The Labute approximate surface area is 130 Å². The first-order valence-electron chi connectivity index (χ1n) is 7.33. The summed E-state index contributed by atoms with van der Waals surface area (Å²) in [6.07, 6.45) is 3.61. The number of nitrogens with one attached hydrogen (secondary N) is 1. The van der Waals surface area contributed by atoms with Crippen molar-refractivity contribution < 1.29 is 4.79 Å². The Morgan fingerprint density at radius 2 is 1.82 bits per heavy atom. The Bertz CT molecular complexity index is 804. The summed E-state index contributed by atoms with van der Waals surface area (Å²) in [7, 11) is 0. The molecule has 0 fully saturated rings. The third-order valence-corrected chi connectivity index (χ3v) is 4.08. The van der Waals surface area contributed by atoms with E-state index in [0.29, 0.717) is 0 Å². The van der Waals surface area contributed by atoms with Gasteiger partial charge in [0.2, 0.25) is 0 Å². The van der Waals surface area contributed by atoms with Gasteiger partial charge in [0.05, 0.1) is 5.69 Å². The molecule has 0 bridgehead atoms. The number of nitrogens with zero attached hydrogens (tertiary/aromatic N) is 1. The summed E-state index contributed by atoms with van der Waals surface area (Å²) in [6, 6.07) is 14.1. The van der Waals surface area contributed by atoms with Crippen LogP contribution in [0.2, 0.25) is 0 Å². The largest absolute Gasteiger partial charge is 0.348 e. The number of rotatable bonds is 4. The highest BCUT2D eigenvalue weighted by Gasteiger charge is 2.11. The minimum absolute atomic E-state index is 0.737. The molecule has 0 saturated heterocycles. The SMILES string of the molecule is Cc1c(C=O)ccc(-c2c[nH]c(Cc3ccccc3)n2)c1C. The van der Waals surface area contributed by atoms with Crippen molar-refractivity contribution in [1.29, 1.82) is 0 Å². The van der Waals surface area contributed by atoms with E-state index in [-0.39, 0.29) is 0 Å². The lowest BCUT2D eigenvalue weighted by atomic mass is 9.97. The van der Waals surface area contributed by atoms with Crippen LogP contribution in [0, 0.1) is 13.8 Å². The van der Waals surface area contributed by atoms with E-state index >= 15 is 0 Å². The summed E-state index contributed by atoms with van der Waals surface area (Å²) in [5.74, 6) is 0.942. The zero-order valence-corrected chi connectivity index (χ0v) is 12.8. The second kappa shape index (κ2) is 5.98. The second-order valence-electron chi connectivity index (χ2n) is 5.46. The maximum atomic E-state index is 11.0. The lowest BCUT2D eigenvalue weighted by molar-refractivity contribution is 0.112. The summed E-state index contributed by atoms with van der Waals surface area (Å²) in [4.78, 5) is 18.9. The van der Waals surface area contributed by atoms with E-state index < -0.39 is 0 Å². The van der Waals surface area contributed by atoms with Crippen LogP contribution in [0.1, 0.15) is 32.9 Å². The molecule has 0 atom stereocenters. The molecule has 1 N–H and O–H groups in total. The van der Waals surface area contributed by atoms with E-state index in [0.717, 1.165) is 46.5 Å². The highest BCUT2D eigenvalue weighted by Crippen LogP contribution is 2.26. The highest BCUT2D eigenvalue weighted by molar-refractivity contribution is 5.80. The Morgan fingerprint density at radius 1 is 1.05 bits per heavy atom. The molecule has 3 rings (SSSR count). The minimum Gasteiger partial charge on any atom is -0.348 e. The zero-order chi connectivity index (χ0) is 15.5. The van der Waals surface area contributed by atoms with Crippen LogP contribution in [-0.4, -0.2) is 16.3 Å². The van der Waals surface area contributed by atoms with Gasteiger partial charge >= 0.3 is 0 Å². The second-order valence-corrected chi connectivity index (χ2v) is 5.46. The molecule has 1 heterocycles. The average molecular weight is 290 g/mol. The molecule has 1 aromatic heterocycles. The number of hydrogen-bond donors (Lipinski definition) is 1. The van der Waals surface area contributed by atoms with Gasteiger partial charge in [0, 0.05) is 23.7 Å². The lowest BCUT2D eigenvalue weighted by Gasteiger charge is -2.08. The van der Waals surface area contributed by atoms with E-state index in [2.05, 4.69) is 22.1 Å². The molecule has 2 aromatic carbocycles. The van der Waals surface area contributed by atoms with Gasteiger partial charge in [-0.1, -0.05) is 42.5 Å². The van der Waals surface area contributed by atoms with Gasteiger partial charge in [-0.15, -0.1) is 0 Å². The van der Waals surface area contributed by atoms with E-state index in [9.17, 15) is 4.79 Å². The molecule has 0 unspecified atom stereocenters. The van der Waals surface area contributed by atoms with E-state index in [1.807, 2.05) is 50.4 Å². The fraction of sp³-hybridized carbons (Fsp3) is 0.158.